The van der Waals surface area contributed by atoms with Gasteiger partial charge in [-0.25, -0.2) is 0 Å². The molecule has 1 unspecified atom stereocenters. The minimum Gasteiger partial charge on any atom is -0.293 e. The molecule has 1 atom stereocenters. The van der Waals surface area contributed by atoms with Gasteiger partial charge in [0, 0.05) is 5.56 Å². The number of ketones is 1. The first-order valence-electron chi connectivity index (χ1n) is 8.51. The smallest absolute Gasteiger partial charge is 0.214 e. The Labute approximate surface area is 157 Å². The van der Waals surface area contributed by atoms with Gasteiger partial charge in [0.1, 0.15) is 0 Å². The molecule has 5 nitrogen and oxygen atoms in total. The van der Waals surface area contributed by atoms with Gasteiger partial charge >= 0.3 is 0 Å². The van der Waals surface area contributed by atoms with Crippen LogP contribution in [0.2, 0.25) is 0 Å². The second-order valence-electron chi connectivity index (χ2n) is 6.61. The van der Waals surface area contributed by atoms with Crippen LogP contribution in [-0.4, -0.2) is 31.2 Å². The van der Waals surface area contributed by atoms with E-state index in [-0.39, 0.29) is 11.0 Å². The highest BCUT2D eigenvalue weighted by Crippen LogP contribution is 2.27. The second kappa shape index (κ2) is 7.41. The third-order valence-corrected chi connectivity index (χ3v) is 5.38. The Hall–Kier alpha value is -2.47. The summed E-state index contributed by atoms with van der Waals surface area (Å²) in [7, 11) is 0. The van der Waals surface area contributed by atoms with Gasteiger partial charge in [0.2, 0.25) is 5.16 Å². The van der Waals surface area contributed by atoms with Crippen LogP contribution in [0.5, 0.6) is 0 Å². The number of rotatable bonds is 5. The molecule has 0 saturated carbocycles. The molecule has 0 aliphatic rings. The van der Waals surface area contributed by atoms with Crippen LogP contribution < -0.4 is 0 Å². The quantitative estimate of drug-likeness (QED) is 0.499. The van der Waals surface area contributed by atoms with Gasteiger partial charge in [0.05, 0.1) is 10.9 Å². The average Bonchev–Trinajstić information content (AvgIpc) is 3.06. The number of benzene rings is 2. The van der Waals surface area contributed by atoms with Crippen LogP contribution in [0.3, 0.4) is 0 Å². The molecule has 0 saturated heterocycles. The molecule has 0 aliphatic heterocycles. The monoisotopic (exact) mass is 366 g/mol. The fourth-order valence-corrected chi connectivity index (χ4v) is 3.65. The highest BCUT2D eigenvalue weighted by Gasteiger charge is 2.22. The largest absolute Gasteiger partial charge is 0.293 e. The number of carbonyl (C=O) groups excluding carboxylic acids is 1. The lowest BCUT2D eigenvalue weighted by atomic mass is 10.0. The summed E-state index contributed by atoms with van der Waals surface area (Å²) < 4.78 is 1.71. The fourth-order valence-electron chi connectivity index (χ4n) is 2.78. The minimum atomic E-state index is -0.287. The summed E-state index contributed by atoms with van der Waals surface area (Å²) in [5, 5.41) is 12.4. The number of hydrogen-bond acceptors (Lipinski definition) is 5. The number of hydrogen-bond donors (Lipinski definition) is 0. The molecule has 0 spiro atoms. The van der Waals surface area contributed by atoms with E-state index in [0.717, 1.165) is 33.5 Å². The summed E-state index contributed by atoms with van der Waals surface area (Å²) in [5.74, 6) is 0.0896. The van der Waals surface area contributed by atoms with Crippen molar-refractivity contribution in [3.8, 4) is 5.69 Å². The van der Waals surface area contributed by atoms with Crippen molar-refractivity contribution < 1.29 is 4.79 Å². The summed E-state index contributed by atoms with van der Waals surface area (Å²) in [6.07, 6.45) is 0. The average molecular weight is 366 g/mol. The van der Waals surface area contributed by atoms with Gasteiger partial charge in [-0.05, 0) is 73.9 Å². The molecule has 0 fully saturated rings. The van der Waals surface area contributed by atoms with Crippen LogP contribution in [0, 0.1) is 27.7 Å². The molecule has 3 rings (SSSR count). The SMILES string of the molecule is Cc1ccc(C)c(C(=O)C(C)Sc2nnnn2-c2cc(C)ccc2C)c1. The Kier molecular flexibility index (Phi) is 5.23. The van der Waals surface area contributed by atoms with Crippen molar-refractivity contribution in [2.75, 3.05) is 0 Å². The summed E-state index contributed by atoms with van der Waals surface area (Å²) in [4.78, 5) is 12.9. The normalized spacial score (nSPS) is 12.2. The number of aryl methyl sites for hydroxylation is 4. The third-order valence-electron chi connectivity index (χ3n) is 4.34. The molecule has 6 heteroatoms. The van der Waals surface area contributed by atoms with Gasteiger partial charge in [-0.1, -0.05) is 41.6 Å². The minimum absolute atomic E-state index is 0.0896. The summed E-state index contributed by atoms with van der Waals surface area (Å²) in [6, 6.07) is 12.1. The van der Waals surface area contributed by atoms with Crippen molar-refractivity contribution in [2.24, 2.45) is 0 Å². The van der Waals surface area contributed by atoms with Crippen molar-refractivity contribution in [2.45, 2.75) is 45.0 Å². The molecule has 3 aromatic rings. The van der Waals surface area contributed by atoms with E-state index in [1.807, 2.05) is 65.0 Å². The highest BCUT2D eigenvalue weighted by molar-refractivity contribution is 8.00. The Morgan fingerprint density at radius 1 is 1.00 bits per heavy atom. The first-order valence-corrected chi connectivity index (χ1v) is 9.39. The topological polar surface area (TPSA) is 60.7 Å². The molecule has 0 amide bonds. The van der Waals surface area contributed by atoms with Crippen LogP contribution >= 0.6 is 11.8 Å². The summed E-state index contributed by atoms with van der Waals surface area (Å²) in [5.41, 5.74) is 5.98. The van der Waals surface area contributed by atoms with Crippen LogP contribution in [-0.2, 0) is 0 Å². The molecular formula is C20H22N4OS. The molecule has 1 heterocycles. The number of tetrazole rings is 1. The molecular weight excluding hydrogens is 344 g/mol. The van der Waals surface area contributed by atoms with Crippen molar-refractivity contribution in [1.82, 2.24) is 20.2 Å². The lowest BCUT2D eigenvalue weighted by Gasteiger charge is -2.13. The molecule has 0 aliphatic carbocycles. The fraction of sp³-hybridized carbons (Fsp3) is 0.300. The van der Waals surface area contributed by atoms with Crippen LogP contribution in [0.25, 0.3) is 5.69 Å². The zero-order chi connectivity index (χ0) is 18.8. The maximum Gasteiger partial charge on any atom is 0.214 e. The Bertz CT molecular complexity index is 964. The highest BCUT2D eigenvalue weighted by atomic mass is 32.2. The Balaban J connectivity index is 1.88. The van der Waals surface area contributed by atoms with Crippen molar-refractivity contribution in [3.63, 3.8) is 0 Å². The third kappa shape index (κ3) is 3.70. The zero-order valence-electron chi connectivity index (χ0n) is 15.6. The van der Waals surface area contributed by atoms with Gasteiger partial charge in [0.25, 0.3) is 0 Å². The Morgan fingerprint density at radius 3 is 2.38 bits per heavy atom. The van der Waals surface area contributed by atoms with E-state index in [4.69, 9.17) is 0 Å². The molecule has 0 radical (unpaired) electrons. The summed E-state index contributed by atoms with van der Waals surface area (Å²) in [6.45, 7) is 9.92. The standard InChI is InChI=1S/C20H22N4OS/c1-12-6-8-14(3)17(10-12)19(25)16(5)26-20-21-22-23-24(20)18-11-13(2)7-9-15(18)4/h6-11,16H,1-5H3. The van der Waals surface area contributed by atoms with Crippen molar-refractivity contribution in [1.29, 1.82) is 0 Å². The maximum absolute atomic E-state index is 12.9. The van der Waals surface area contributed by atoms with Gasteiger partial charge in [-0.2, -0.15) is 4.68 Å². The Morgan fingerprint density at radius 2 is 1.65 bits per heavy atom. The molecule has 1 aromatic heterocycles. The van der Waals surface area contributed by atoms with Gasteiger partial charge in [0.15, 0.2) is 5.78 Å². The van der Waals surface area contributed by atoms with Gasteiger partial charge in [-0.15, -0.1) is 5.10 Å². The van der Waals surface area contributed by atoms with Gasteiger partial charge in [-0.3, -0.25) is 4.79 Å². The van der Waals surface area contributed by atoms with Crippen LogP contribution in [0.4, 0.5) is 0 Å². The van der Waals surface area contributed by atoms with E-state index >= 15 is 0 Å². The number of carbonyl (C=O) groups is 1. The lowest BCUT2D eigenvalue weighted by Crippen LogP contribution is -2.16. The summed E-state index contributed by atoms with van der Waals surface area (Å²) >= 11 is 1.38. The number of thioether (sulfide) groups is 1. The van der Waals surface area contributed by atoms with Crippen LogP contribution in [0.1, 0.15) is 39.5 Å². The van der Waals surface area contributed by atoms with Crippen LogP contribution in [0.15, 0.2) is 41.6 Å². The second-order valence-corrected chi connectivity index (χ2v) is 7.91. The zero-order valence-corrected chi connectivity index (χ0v) is 16.5. The lowest BCUT2D eigenvalue weighted by molar-refractivity contribution is 0.0993. The number of aromatic nitrogens is 4. The first-order chi connectivity index (χ1) is 12.4. The number of Topliss-reactive ketones (excluding diaryl/α,β-unsaturated/α-hetero) is 1. The maximum atomic E-state index is 12.9. The van der Waals surface area contributed by atoms with E-state index in [1.54, 1.807) is 4.68 Å². The van der Waals surface area contributed by atoms with E-state index in [9.17, 15) is 4.79 Å². The number of nitrogens with zero attached hydrogens (tertiary/aromatic N) is 4. The molecule has 26 heavy (non-hydrogen) atoms. The van der Waals surface area contributed by atoms with E-state index in [2.05, 4.69) is 21.6 Å². The molecule has 2 aromatic carbocycles. The van der Waals surface area contributed by atoms with Gasteiger partial charge < -0.3 is 0 Å². The predicted molar refractivity (Wildman–Crippen MR) is 104 cm³/mol. The molecule has 134 valence electrons. The van der Waals surface area contributed by atoms with Crippen molar-refractivity contribution in [3.05, 3.63) is 64.2 Å². The van der Waals surface area contributed by atoms with E-state index in [0.29, 0.717) is 5.16 Å². The first kappa shape index (κ1) is 18.3. The van der Waals surface area contributed by atoms with E-state index in [1.165, 1.54) is 11.8 Å². The van der Waals surface area contributed by atoms with Crippen molar-refractivity contribution >= 4 is 17.5 Å². The predicted octanol–water partition coefficient (Wildman–Crippen LogP) is 4.26. The van der Waals surface area contributed by atoms with E-state index < -0.39 is 0 Å². The molecule has 0 bridgehead atoms. The molecule has 0 N–H and O–H groups in total.